The molecule has 0 aromatic heterocycles. The van der Waals surface area contributed by atoms with Crippen LogP contribution in [0.4, 0.5) is 37.7 Å². The van der Waals surface area contributed by atoms with Crippen molar-refractivity contribution in [1.29, 1.82) is 0 Å². The van der Waals surface area contributed by atoms with Gasteiger partial charge in [0.2, 0.25) is 11.8 Å². The van der Waals surface area contributed by atoms with E-state index < -0.39 is 86.9 Å². The minimum atomic E-state index is -5.06. The van der Waals surface area contributed by atoms with Gasteiger partial charge >= 0.3 is 12.4 Å². The molecule has 0 saturated heterocycles. The lowest BCUT2D eigenvalue weighted by molar-refractivity contribution is -0.388. The zero-order valence-corrected chi connectivity index (χ0v) is 22.1. The summed E-state index contributed by atoms with van der Waals surface area (Å²) in [5.41, 5.74) is -5.57. The van der Waals surface area contributed by atoms with Crippen molar-refractivity contribution in [2.75, 3.05) is 0 Å². The number of rotatable bonds is 10. The number of carbonyl (C=O) groups excluding carboxylic acids is 2. The first kappa shape index (κ1) is 33.0. The van der Waals surface area contributed by atoms with Crippen LogP contribution in [0.15, 0.2) is 36.4 Å². The van der Waals surface area contributed by atoms with E-state index in [1.807, 2.05) is 0 Å². The van der Waals surface area contributed by atoms with Gasteiger partial charge in [-0.25, -0.2) is 0 Å². The van der Waals surface area contributed by atoms with E-state index in [-0.39, 0.29) is 11.1 Å². The molecule has 0 aliphatic carbocycles. The zero-order chi connectivity index (χ0) is 31.4. The molecule has 2 amide bonds. The smallest absolute Gasteiger partial charge is 0.349 e. The molecule has 2 rings (SSSR count). The van der Waals surface area contributed by atoms with Gasteiger partial charge in [0.25, 0.3) is 11.4 Å². The van der Waals surface area contributed by atoms with Crippen molar-refractivity contribution in [2.24, 2.45) is 11.8 Å². The quantitative estimate of drug-likeness (QED) is 0.144. The Morgan fingerprint density at radius 1 is 0.707 bits per heavy atom. The van der Waals surface area contributed by atoms with E-state index in [0.717, 1.165) is 12.1 Å². The lowest BCUT2D eigenvalue weighted by Gasteiger charge is -2.25. The van der Waals surface area contributed by atoms with Crippen LogP contribution in [-0.4, -0.2) is 21.7 Å². The molecule has 41 heavy (non-hydrogen) atoms. The number of hydrogen-bond acceptors (Lipinski definition) is 6. The summed E-state index contributed by atoms with van der Waals surface area (Å²) < 4.78 is 80.6. The molecule has 0 spiro atoms. The molecule has 2 atom stereocenters. The highest BCUT2D eigenvalue weighted by molar-refractivity contribution is 5.97. The number of nitrogens with one attached hydrogen (secondary N) is 2. The van der Waals surface area contributed by atoms with Crippen LogP contribution in [0.2, 0.25) is 0 Å². The highest BCUT2D eigenvalue weighted by Crippen LogP contribution is 2.39. The van der Waals surface area contributed by atoms with E-state index in [1.54, 1.807) is 27.7 Å². The van der Waals surface area contributed by atoms with Gasteiger partial charge in [0.05, 0.1) is 21.9 Å². The van der Waals surface area contributed by atoms with Gasteiger partial charge in [-0.2, -0.15) is 26.3 Å². The third kappa shape index (κ3) is 8.38. The number of carbonyl (C=O) groups is 2. The van der Waals surface area contributed by atoms with Gasteiger partial charge in [-0.1, -0.05) is 39.8 Å². The monoisotopic (exact) mass is 592 g/mol. The van der Waals surface area contributed by atoms with Crippen LogP contribution >= 0.6 is 0 Å². The van der Waals surface area contributed by atoms with E-state index in [0.29, 0.717) is 24.3 Å². The molecule has 0 aliphatic rings. The van der Waals surface area contributed by atoms with Gasteiger partial charge < -0.3 is 10.6 Å². The molecule has 2 aromatic carbocycles. The Bertz CT molecular complexity index is 1230. The molecule has 224 valence electrons. The molecular formula is C25H26F6N4O6. The second kappa shape index (κ2) is 12.5. The van der Waals surface area contributed by atoms with E-state index in [2.05, 4.69) is 10.6 Å². The fourth-order valence-electron chi connectivity index (χ4n) is 4.13. The molecule has 10 nitrogen and oxygen atoms in total. The Morgan fingerprint density at radius 3 is 1.27 bits per heavy atom. The molecule has 0 heterocycles. The maximum atomic E-state index is 13.4. The fraction of sp³-hybridized carbons (Fsp3) is 0.440. The van der Waals surface area contributed by atoms with E-state index in [9.17, 15) is 56.2 Å². The average Bonchev–Trinajstić information content (AvgIpc) is 2.83. The molecule has 2 aromatic rings. The van der Waals surface area contributed by atoms with Crippen molar-refractivity contribution in [3.05, 3.63) is 78.9 Å². The summed E-state index contributed by atoms with van der Waals surface area (Å²) in [4.78, 5) is 45.0. The maximum Gasteiger partial charge on any atom is 0.423 e. The zero-order valence-electron chi connectivity index (χ0n) is 22.1. The SMILES string of the molecule is CC(C)C(NC(=O)CC(=O)NC(c1ccc([N+](=O)[O-])c(C(F)(F)F)c1)C(C)C)c1ccc([N+](=O)[O-])c(C(F)(F)F)c1. The normalized spacial score (nSPS) is 13.6. The third-order valence-electron chi connectivity index (χ3n) is 6.05. The highest BCUT2D eigenvalue weighted by atomic mass is 19.4. The summed E-state index contributed by atoms with van der Waals surface area (Å²) in [5, 5.41) is 26.9. The molecule has 2 N–H and O–H groups in total. The summed E-state index contributed by atoms with van der Waals surface area (Å²) in [6, 6.07) is 2.37. The molecule has 0 saturated carbocycles. The van der Waals surface area contributed by atoms with Crippen molar-refractivity contribution in [3.8, 4) is 0 Å². The van der Waals surface area contributed by atoms with Gasteiger partial charge in [-0.05, 0) is 35.1 Å². The molecule has 16 heteroatoms. The van der Waals surface area contributed by atoms with Gasteiger partial charge in [-0.3, -0.25) is 29.8 Å². The van der Waals surface area contributed by atoms with Crippen molar-refractivity contribution < 1.29 is 45.8 Å². The van der Waals surface area contributed by atoms with Crippen LogP contribution < -0.4 is 10.6 Å². The summed E-state index contributed by atoms with van der Waals surface area (Å²) in [7, 11) is 0. The summed E-state index contributed by atoms with van der Waals surface area (Å²) in [6.45, 7) is 6.23. The molecule has 0 fully saturated rings. The van der Waals surface area contributed by atoms with Gasteiger partial charge in [-0.15, -0.1) is 0 Å². The molecule has 0 radical (unpaired) electrons. The van der Waals surface area contributed by atoms with Gasteiger partial charge in [0, 0.05) is 12.1 Å². The highest BCUT2D eigenvalue weighted by Gasteiger charge is 2.40. The van der Waals surface area contributed by atoms with Crippen LogP contribution in [0.1, 0.15) is 68.5 Å². The molecular weight excluding hydrogens is 566 g/mol. The first-order valence-electron chi connectivity index (χ1n) is 12.0. The van der Waals surface area contributed by atoms with Crippen molar-refractivity contribution in [2.45, 2.75) is 58.6 Å². The minimum Gasteiger partial charge on any atom is -0.349 e. The summed E-state index contributed by atoms with van der Waals surface area (Å²) in [5.74, 6) is -2.91. The largest absolute Gasteiger partial charge is 0.423 e. The van der Waals surface area contributed by atoms with Crippen molar-refractivity contribution in [1.82, 2.24) is 10.6 Å². The first-order valence-corrected chi connectivity index (χ1v) is 12.0. The topological polar surface area (TPSA) is 144 Å². The number of halogens is 6. The number of amides is 2. The molecule has 0 aliphatic heterocycles. The maximum absolute atomic E-state index is 13.4. The fourth-order valence-corrected chi connectivity index (χ4v) is 4.13. The van der Waals surface area contributed by atoms with Crippen LogP contribution in [0.5, 0.6) is 0 Å². The Hall–Kier alpha value is -4.24. The number of alkyl halides is 6. The first-order chi connectivity index (χ1) is 18.7. The van der Waals surface area contributed by atoms with E-state index in [1.165, 1.54) is 0 Å². The lowest BCUT2D eigenvalue weighted by atomic mass is 9.93. The number of nitro benzene ring substituents is 2. The van der Waals surface area contributed by atoms with Gasteiger partial charge in [0.15, 0.2) is 0 Å². The van der Waals surface area contributed by atoms with E-state index >= 15 is 0 Å². The van der Waals surface area contributed by atoms with Crippen LogP contribution in [0.3, 0.4) is 0 Å². The second-order valence-corrected chi connectivity index (χ2v) is 9.82. The second-order valence-electron chi connectivity index (χ2n) is 9.82. The Balaban J connectivity index is 2.27. The van der Waals surface area contributed by atoms with Crippen LogP contribution in [0, 0.1) is 32.1 Å². The number of hydrogen-bond donors (Lipinski definition) is 2. The predicted octanol–water partition coefficient (Wildman–Crippen LogP) is 6.26. The number of benzene rings is 2. The van der Waals surface area contributed by atoms with Crippen LogP contribution in [0.25, 0.3) is 0 Å². The standard InChI is InChI=1S/C25H26F6N4O6/c1-12(2)22(14-5-7-18(34(38)39)16(9-14)24(26,27)28)32-20(36)11-21(37)33-23(13(3)4)15-6-8-19(35(40)41)17(10-15)25(29,30)31/h5-10,12-13,22-23H,11H2,1-4H3,(H,32,36)(H,33,37). The van der Waals surface area contributed by atoms with Crippen molar-refractivity contribution >= 4 is 23.2 Å². The average molecular weight is 592 g/mol. The lowest BCUT2D eigenvalue weighted by Crippen LogP contribution is -2.38. The van der Waals surface area contributed by atoms with Crippen molar-refractivity contribution in [3.63, 3.8) is 0 Å². The summed E-state index contributed by atoms with van der Waals surface area (Å²) in [6.07, 6.45) is -11.0. The third-order valence-corrected chi connectivity index (χ3v) is 6.05. The molecule has 0 bridgehead atoms. The Kier molecular flexibility index (Phi) is 10.1. The molecule has 2 unspecified atom stereocenters. The predicted molar refractivity (Wildman–Crippen MR) is 132 cm³/mol. The van der Waals surface area contributed by atoms with Crippen LogP contribution in [-0.2, 0) is 21.9 Å². The Morgan fingerprint density at radius 2 is 1.02 bits per heavy atom. The van der Waals surface area contributed by atoms with E-state index in [4.69, 9.17) is 0 Å². The number of nitrogens with zero attached hydrogens (tertiary/aromatic N) is 2. The Labute approximate surface area is 229 Å². The number of nitro groups is 2. The van der Waals surface area contributed by atoms with Gasteiger partial charge in [0.1, 0.15) is 17.5 Å². The summed E-state index contributed by atoms with van der Waals surface area (Å²) >= 11 is 0. The minimum absolute atomic E-state index is 0.0997.